The van der Waals surface area contributed by atoms with Crippen LogP contribution in [0.5, 0.6) is 0 Å². The second-order valence-corrected chi connectivity index (χ2v) is 10.2. The number of hydrogen-bond acceptors (Lipinski definition) is 2. The Balaban J connectivity index is 1.41. The molecule has 0 spiro atoms. The van der Waals surface area contributed by atoms with Gasteiger partial charge in [0.2, 0.25) is 0 Å². The van der Waals surface area contributed by atoms with E-state index < -0.39 is 0 Å². The van der Waals surface area contributed by atoms with Crippen LogP contribution in [0.4, 0.5) is 0 Å². The molecular weight excluding hydrogens is 498 g/mol. The van der Waals surface area contributed by atoms with Crippen molar-refractivity contribution in [3.63, 3.8) is 0 Å². The van der Waals surface area contributed by atoms with Gasteiger partial charge in [0.25, 0.3) is 0 Å². The highest BCUT2D eigenvalue weighted by atomic mass is 15.0. The molecule has 8 aromatic rings. The van der Waals surface area contributed by atoms with Crippen LogP contribution in [0.15, 0.2) is 152 Å². The van der Waals surface area contributed by atoms with Gasteiger partial charge in [-0.2, -0.15) is 0 Å². The third-order valence-electron chi connectivity index (χ3n) is 7.80. The number of benzene rings is 6. The van der Waals surface area contributed by atoms with Crippen molar-refractivity contribution in [3.8, 4) is 39.5 Å². The molecule has 0 aliphatic rings. The molecule has 0 atom stereocenters. The Kier molecular flexibility index (Phi) is 5.46. The summed E-state index contributed by atoms with van der Waals surface area (Å²) in [5, 5.41) is 3.52. The van der Waals surface area contributed by atoms with E-state index in [-0.39, 0.29) is 0 Å². The van der Waals surface area contributed by atoms with Crippen molar-refractivity contribution in [2.75, 3.05) is 0 Å². The summed E-state index contributed by atoms with van der Waals surface area (Å²) in [5.41, 5.74) is 9.77. The molecule has 2 heterocycles. The first-order chi connectivity index (χ1) is 20.3. The van der Waals surface area contributed by atoms with E-state index in [4.69, 9.17) is 9.97 Å². The van der Waals surface area contributed by atoms with E-state index in [2.05, 4.69) is 132 Å². The topological polar surface area (TPSA) is 30.7 Å². The SMILES string of the molecule is c1ccc(-c2nc(-c3ccccc3)c3c(-c4ccc5c(c4)c4ccccc4n5-c4ccccc4)cccc3n2)cc1. The number of fused-ring (bicyclic) bond motifs is 4. The normalized spacial score (nSPS) is 11.4. The highest BCUT2D eigenvalue weighted by Crippen LogP contribution is 2.39. The molecule has 2 aromatic heterocycles. The zero-order valence-electron chi connectivity index (χ0n) is 22.3. The molecule has 0 aliphatic heterocycles. The first kappa shape index (κ1) is 23.4. The van der Waals surface area contributed by atoms with Gasteiger partial charge in [-0.3, -0.25) is 0 Å². The van der Waals surface area contributed by atoms with Crippen LogP contribution in [0.1, 0.15) is 0 Å². The van der Waals surface area contributed by atoms with Crippen LogP contribution in [0.25, 0.3) is 72.2 Å². The van der Waals surface area contributed by atoms with Gasteiger partial charge in [-0.25, -0.2) is 9.97 Å². The summed E-state index contributed by atoms with van der Waals surface area (Å²) in [6.45, 7) is 0. The first-order valence-electron chi connectivity index (χ1n) is 13.9. The molecule has 3 nitrogen and oxygen atoms in total. The molecule has 192 valence electrons. The summed E-state index contributed by atoms with van der Waals surface area (Å²) in [5.74, 6) is 0.732. The zero-order valence-corrected chi connectivity index (χ0v) is 22.3. The van der Waals surface area contributed by atoms with Crippen LogP contribution in [0.3, 0.4) is 0 Å². The lowest BCUT2D eigenvalue weighted by Gasteiger charge is -2.14. The van der Waals surface area contributed by atoms with Gasteiger partial charge in [0.1, 0.15) is 0 Å². The number of aromatic nitrogens is 3. The van der Waals surface area contributed by atoms with E-state index in [9.17, 15) is 0 Å². The number of hydrogen-bond donors (Lipinski definition) is 0. The molecule has 0 N–H and O–H groups in total. The van der Waals surface area contributed by atoms with Gasteiger partial charge in [0.05, 0.1) is 22.2 Å². The van der Waals surface area contributed by atoms with Crippen molar-refractivity contribution in [2.24, 2.45) is 0 Å². The standard InChI is InChI=1S/C38H25N3/c1-4-13-26(14-5-1)37-36-30(20-12-21-33(36)39-38(40-37)27-15-6-2-7-16-27)28-23-24-35-32(25-28)31-19-10-11-22-34(31)41(35)29-17-8-3-9-18-29/h1-25H. The number of rotatable bonds is 4. The number of para-hydroxylation sites is 2. The van der Waals surface area contributed by atoms with Crippen molar-refractivity contribution < 1.29 is 0 Å². The fraction of sp³-hybridized carbons (Fsp3) is 0. The smallest absolute Gasteiger partial charge is 0.160 e. The lowest BCUT2D eigenvalue weighted by molar-refractivity contribution is 1.18. The molecule has 0 unspecified atom stereocenters. The fourth-order valence-corrected chi connectivity index (χ4v) is 5.94. The van der Waals surface area contributed by atoms with Gasteiger partial charge in [0, 0.05) is 33.0 Å². The Morgan fingerprint density at radius 1 is 0.439 bits per heavy atom. The van der Waals surface area contributed by atoms with Gasteiger partial charge in [0.15, 0.2) is 5.82 Å². The van der Waals surface area contributed by atoms with Crippen molar-refractivity contribution in [2.45, 2.75) is 0 Å². The van der Waals surface area contributed by atoms with Crippen LogP contribution in [0.2, 0.25) is 0 Å². The van der Waals surface area contributed by atoms with Crippen LogP contribution >= 0.6 is 0 Å². The molecule has 0 fully saturated rings. The van der Waals surface area contributed by atoms with E-state index in [1.54, 1.807) is 0 Å². The molecule has 0 amide bonds. The van der Waals surface area contributed by atoms with Gasteiger partial charge in [-0.1, -0.05) is 115 Å². The molecular formula is C38H25N3. The van der Waals surface area contributed by atoms with Crippen LogP contribution in [0, 0.1) is 0 Å². The first-order valence-corrected chi connectivity index (χ1v) is 13.9. The van der Waals surface area contributed by atoms with E-state index >= 15 is 0 Å². The quantitative estimate of drug-likeness (QED) is 0.230. The Hall–Kier alpha value is -5.54. The van der Waals surface area contributed by atoms with Crippen LogP contribution < -0.4 is 0 Å². The Morgan fingerprint density at radius 2 is 1.10 bits per heavy atom. The van der Waals surface area contributed by atoms with Crippen molar-refractivity contribution in [1.82, 2.24) is 14.5 Å². The number of nitrogens with zero attached hydrogens (tertiary/aromatic N) is 3. The van der Waals surface area contributed by atoms with Crippen LogP contribution in [-0.4, -0.2) is 14.5 Å². The summed E-state index contributed by atoms with van der Waals surface area (Å²) in [6.07, 6.45) is 0. The van der Waals surface area contributed by atoms with Crippen LogP contribution in [-0.2, 0) is 0 Å². The van der Waals surface area contributed by atoms with Gasteiger partial charge < -0.3 is 4.57 Å². The summed E-state index contributed by atoms with van der Waals surface area (Å²) in [6, 6.07) is 53.1. The molecule has 0 saturated heterocycles. The fourth-order valence-electron chi connectivity index (χ4n) is 5.94. The zero-order chi connectivity index (χ0) is 27.2. The minimum atomic E-state index is 0.732. The second-order valence-electron chi connectivity index (χ2n) is 10.2. The van der Waals surface area contributed by atoms with E-state index in [1.165, 1.54) is 21.8 Å². The van der Waals surface area contributed by atoms with Crippen molar-refractivity contribution >= 4 is 32.7 Å². The van der Waals surface area contributed by atoms with E-state index in [1.807, 2.05) is 24.3 Å². The molecule has 8 rings (SSSR count). The Bertz CT molecular complexity index is 2180. The van der Waals surface area contributed by atoms with E-state index in [0.717, 1.165) is 50.4 Å². The summed E-state index contributed by atoms with van der Waals surface area (Å²) >= 11 is 0. The molecule has 0 radical (unpaired) electrons. The minimum Gasteiger partial charge on any atom is -0.309 e. The molecule has 3 heteroatoms. The van der Waals surface area contributed by atoms with Crippen molar-refractivity contribution in [1.29, 1.82) is 0 Å². The lowest BCUT2D eigenvalue weighted by atomic mass is 9.95. The average Bonchev–Trinajstić information content (AvgIpc) is 3.39. The summed E-state index contributed by atoms with van der Waals surface area (Å²) in [4.78, 5) is 10.2. The van der Waals surface area contributed by atoms with E-state index in [0.29, 0.717) is 0 Å². The molecule has 6 aromatic carbocycles. The maximum atomic E-state index is 5.17. The lowest BCUT2D eigenvalue weighted by Crippen LogP contribution is -1.97. The second kappa shape index (κ2) is 9.58. The maximum absolute atomic E-state index is 5.17. The third kappa shape index (κ3) is 3.90. The molecule has 0 aliphatic carbocycles. The minimum absolute atomic E-state index is 0.732. The summed E-state index contributed by atoms with van der Waals surface area (Å²) < 4.78 is 2.35. The van der Waals surface area contributed by atoms with Gasteiger partial charge in [-0.05, 0) is 47.5 Å². The monoisotopic (exact) mass is 523 g/mol. The Labute approximate surface area is 238 Å². The third-order valence-corrected chi connectivity index (χ3v) is 7.80. The molecule has 0 bridgehead atoms. The van der Waals surface area contributed by atoms with Gasteiger partial charge >= 0.3 is 0 Å². The van der Waals surface area contributed by atoms with Crippen molar-refractivity contribution in [3.05, 3.63) is 152 Å². The highest BCUT2D eigenvalue weighted by molar-refractivity contribution is 6.12. The van der Waals surface area contributed by atoms with Gasteiger partial charge in [-0.15, -0.1) is 0 Å². The maximum Gasteiger partial charge on any atom is 0.160 e. The molecule has 0 saturated carbocycles. The average molecular weight is 524 g/mol. The summed E-state index contributed by atoms with van der Waals surface area (Å²) in [7, 11) is 0. The highest BCUT2D eigenvalue weighted by Gasteiger charge is 2.18. The predicted octanol–water partition coefficient (Wildman–Crippen LogP) is 9.73. The Morgan fingerprint density at radius 3 is 1.88 bits per heavy atom. The largest absolute Gasteiger partial charge is 0.309 e. The predicted molar refractivity (Wildman–Crippen MR) is 170 cm³/mol. The molecule has 41 heavy (non-hydrogen) atoms.